The highest BCUT2D eigenvalue weighted by Gasteiger charge is 2.30. The fraction of sp³-hybridized carbons (Fsp3) is 0.250. The minimum absolute atomic E-state index is 0.0984. The molecule has 10 heteroatoms. The van der Waals surface area contributed by atoms with Crippen molar-refractivity contribution in [2.45, 2.75) is 13.0 Å². The lowest BCUT2D eigenvalue weighted by atomic mass is 10.1. The van der Waals surface area contributed by atoms with Crippen molar-refractivity contribution in [2.75, 3.05) is 13.2 Å². The highest BCUT2D eigenvalue weighted by atomic mass is 35.5. The molecular formula is C16H14ClN5O4. The third-order valence-corrected chi connectivity index (χ3v) is 4.24. The van der Waals surface area contributed by atoms with Gasteiger partial charge in [0.05, 0.1) is 17.9 Å². The van der Waals surface area contributed by atoms with Crippen LogP contribution in [0.4, 0.5) is 4.79 Å². The van der Waals surface area contributed by atoms with Crippen molar-refractivity contribution in [2.24, 2.45) is 4.99 Å². The Balaban J connectivity index is 1.92. The molecule has 1 aromatic heterocycles. The van der Waals surface area contributed by atoms with Gasteiger partial charge >= 0.3 is 12.0 Å². The van der Waals surface area contributed by atoms with Crippen LogP contribution in [0.1, 0.15) is 21.7 Å². The van der Waals surface area contributed by atoms with Crippen LogP contribution in [0.5, 0.6) is 0 Å². The van der Waals surface area contributed by atoms with Gasteiger partial charge in [0.1, 0.15) is 6.67 Å². The third kappa shape index (κ3) is 3.44. The lowest BCUT2D eigenvalue weighted by Gasteiger charge is -2.27. The van der Waals surface area contributed by atoms with E-state index in [1.54, 1.807) is 28.9 Å². The van der Waals surface area contributed by atoms with Gasteiger partial charge < -0.3 is 15.3 Å². The molecule has 0 bridgehead atoms. The van der Waals surface area contributed by atoms with E-state index in [1.807, 2.05) is 0 Å². The van der Waals surface area contributed by atoms with Gasteiger partial charge in [-0.25, -0.2) is 19.1 Å². The molecule has 0 fully saturated rings. The maximum Gasteiger partial charge on any atom is 0.356 e. The Morgan fingerprint density at radius 3 is 2.73 bits per heavy atom. The number of amides is 2. The number of carbonyl (C=O) groups is 2. The van der Waals surface area contributed by atoms with Crippen LogP contribution in [0.15, 0.2) is 29.3 Å². The van der Waals surface area contributed by atoms with Gasteiger partial charge in [-0.3, -0.25) is 0 Å². The number of carboxylic acid groups (broad SMARTS) is 1. The Hall–Kier alpha value is -3.16. The molecule has 26 heavy (non-hydrogen) atoms. The number of nitrogens with one attached hydrogen (secondary N) is 1. The van der Waals surface area contributed by atoms with Gasteiger partial charge in [0, 0.05) is 23.6 Å². The molecule has 1 aliphatic heterocycles. The zero-order valence-electron chi connectivity index (χ0n) is 13.5. The number of fused-ring (bicyclic) bond motifs is 1. The van der Waals surface area contributed by atoms with Gasteiger partial charge in [-0.15, -0.1) is 0 Å². The second kappa shape index (κ2) is 7.38. The second-order valence-electron chi connectivity index (χ2n) is 5.53. The first-order chi connectivity index (χ1) is 12.5. The van der Waals surface area contributed by atoms with E-state index in [4.69, 9.17) is 11.6 Å². The molecule has 134 valence electrons. The van der Waals surface area contributed by atoms with Gasteiger partial charge in [0.25, 0.3) is 0 Å². The van der Waals surface area contributed by atoms with Crippen LogP contribution in [0.2, 0.25) is 5.02 Å². The smallest absolute Gasteiger partial charge is 0.356 e. The molecule has 0 saturated carbocycles. The van der Waals surface area contributed by atoms with Crippen molar-refractivity contribution in [3.8, 4) is 5.69 Å². The first kappa shape index (κ1) is 17.7. The van der Waals surface area contributed by atoms with Crippen molar-refractivity contribution in [3.05, 3.63) is 46.2 Å². The fourth-order valence-electron chi connectivity index (χ4n) is 2.81. The van der Waals surface area contributed by atoms with Crippen LogP contribution in [0.25, 0.3) is 5.69 Å². The number of halogens is 1. The van der Waals surface area contributed by atoms with Gasteiger partial charge in [0.2, 0.25) is 6.08 Å². The number of aliphatic imine (C=N–C) groups is 1. The Labute approximate surface area is 152 Å². The van der Waals surface area contributed by atoms with Crippen LogP contribution >= 0.6 is 11.6 Å². The molecule has 2 heterocycles. The Bertz CT molecular complexity index is 902. The standard InChI is InChI=1S/C16H14ClN5O4/c17-10-1-3-11(4-2-10)22-13-5-6-21(16(26)19-8-18-9-23)7-12(13)14(20-22)15(24)25/h1-4H,5-8H2,(H,19,26)(H,24,25). The van der Waals surface area contributed by atoms with E-state index in [0.717, 1.165) is 5.69 Å². The van der Waals surface area contributed by atoms with Crippen molar-refractivity contribution in [3.63, 3.8) is 0 Å². The number of isocyanates is 1. The van der Waals surface area contributed by atoms with Crippen LogP contribution in [0, 0.1) is 0 Å². The summed E-state index contributed by atoms with van der Waals surface area (Å²) in [5, 5.41) is 16.7. The van der Waals surface area contributed by atoms with Crippen molar-refractivity contribution < 1.29 is 19.5 Å². The van der Waals surface area contributed by atoms with E-state index < -0.39 is 12.0 Å². The number of benzene rings is 1. The maximum atomic E-state index is 12.1. The summed E-state index contributed by atoms with van der Waals surface area (Å²) in [6.45, 7) is 0.296. The minimum atomic E-state index is -1.17. The first-order valence-electron chi connectivity index (χ1n) is 7.67. The molecular weight excluding hydrogens is 362 g/mol. The number of hydrogen-bond acceptors (Lipinski definition) is 5. The number of carbonyl (C=O) groups excluding carboxylic acids is 2. The average Bonchev–Trinajstić information content (AvgIpc) is 3.01. The van der Waals surface area contributed by atoms with Gasteiger partial charge in [-0.05, 0) is 24.3 Å². The van der Waals surface area contributed by atoms with Crippen molar-refractivity contribution >= 4 is 29.7 Å². The SMILES string of the molecule is O=C=NCNC(=O)N1CCc2c(c(C(=O)O)nn2-c2ccc(Cl)cc2)C1. The van der Waals surface area contributed by atoms with Crippen LogP contribution in [0.3, 0.4) is 0 Å². The maximum absolute atomic E-state index is 12.1. The minimum Gasteiger partial charge on any atom is -0.476 e. The number of hydrogen-bond donors (Lipinski definition) is 2. The molecule has 0 radical (unpaired) electrons. The van der Waals surface area contributed by atoms with E-state index >= 15 is 0 Å². The van der Waals surface area contributed by atoms with E-state index in [1.165, 1.54) is 11.0 Å². The monoisotopic (exact) mass is 375 g/mol. The predicted molar refractivity (Wildman–Crippen MR) is 91.2 cm³/mol. The zero-order chi connectivity index (χ0) is 18.7. The lowest BCUT2D eigenvalue weighted by molar-refractivity contribution is 0.0687. The second-order valence-corrected chi connectivity index (χ2v) is 5.96. The topological polar surface area (TPSA) is 117 Å². The average molecular weight is 376 g/mol. The Kier molecular flexibility index (Phi) is 5.01. The number of rotatable bonds is 4. The van der Waals surface area contributed by atoms with Crippen molar-refractivity contribution in [1.82, 2.24) is 20.0 Å². The van der Waals surface area contributed by atoms with Gasteiger partial charge in [-0.1, -0.05) is 11.6 Å². The highest BCUT2D eigenvalue weighted by Crippen LogP contribution is 2.26. The molecule has 0 unspecified atom stereocenters. The molecule has 0 aliphatic carbocycles. The Morgan fingerprint density at radius 2 is 2.08 bits per heavy atom. The third-order valence-electron chi connectivity index (χ3n) is 3.99. The molecule has 0 atom stereocenters. The van der Waals surface area contributed by atoms with E-state index in [-0.39, 0.29) is 18.9 Å². The Morgan fingerprint density at radius 1 is 1.35 bits per heavy atom. The van der Waals surface area contributed by atoms with Crippen molar-refractivity contribution in [1.29, 1.82) is 0 Å². The fourth-order valence-corrected chi connectivity index (χ4v) is 2.94. The summed E-state index contributed by atoms with van der Waals surface area (Å²) in [6.07, 6.45) is 1.77. The van der Waals surface area contributed by atoms with Gasteiger partial charge in [-0.2, -0.15) is 10.1 Å². The predicted octanol–water partition coefficient (Wildman–Crippen LogP) is 1.58. The molecule has 1 aliphatic rings. The van der Waals surface area contributed by atoms with Crippen LogP contribution in [-0.4, -0.2) is 51.1 Å². The molecule has 2 N–H and O–H groups in total. The number of aromatic nitrogens is 2. The summed E-state index contributed by atoms with van der Waals surface area (Å²) in [4.78, 5) is 38.5. The first-order valence-corrected chi connectivity index (χ1v) is 8.05. The molecule has 2 aromatic rings. The van der Waals surface area contributed by atoms with E-state index in [9.17, 15) is 19.5 Å². The molecule has 0 saturated heterocycles. The number of carboxylic acids is 1. The van der Waals surface area contributed by atoms with E-state index in [2.05, 4.69) is 15.4 Å². The normalized spacial score (nSPS) is 12.9. The van der Waals surface area contributed by atoms with Crippen LogP contribution < -0.4 is 5.32 Å². The summed E-state index contributed by atoms with van der Waals surface area (Å²) in [6, 6.07) is 6.45. The largest absolute Gasteiger partial charge is 0.476 e. The van der Waals surface area contributed by atoms with Gasteiger partial charge in [0.15, 0.2) is 5.69 Å². The van der Waals surface area contributed by atoms with E-state index in [0.29, 0.717) is 29.2 Å². The summed E-state index contributed by atoms with van der Waals surface area (Å²) in [5.41, 5.74) is 1.81. The number of urea groups is 1. The molecule has 1 aromatic carbocycles. The molecule has 0 spiro atoms. The zero-order valence-corrected chi connectivity index (χ0v) is 14.2. The summed E-state index contributed by atoms with van der Waals surface area (Å²) in [5.74, 6) is -1.17. The summed E-state index contributed by atoms with van der Waals surface area (Å²) >= 11 is 5.90. The molecule has 9 nitrogen and oxygen atoms in total. The lowest BCUT2D eigenvalue weighted by Crippen LogP contribution is -2.43. The molecule has 3 rings (SSSR count). The van der Waals surface area contributed by atoms with Crippen LogP contribution in [-0.2, 0) is 17.8 Å². The quantitative estimate of drug-likeness (QED) is 0.621. The molecule has 2 amide bonds. The summed E-state index contributed by atoms with van der Waals surface area (Å²) < 4.78 is 1.57. The summed E-state index contributed by atoms with van der Waals surface area (Å²) in [7, 11) is 0. The number of aromatic carboxylic acids is 1. The number of nitrogens with zero attached hydrogens (tertiary/aromatic N) is 4. The highest BCUT2D eigenvalue weighted by molar-refractivity contribution is 6.30.